The molecule has 2 unspecified atom stereocenters. The van der Waals surface area contributed by atoms with Crippen molar-refractivity contribution in [3.63, 3.8) is 0 Å². The summed E-state index contributed by atoms with van der Waals surface area (Å²) in [5.74, 6) is -1.74. The fraction of sp³-hybridized carbons (Fsp3) is 0.364. The zero-order valence-corrected chi connectivity index (χ0v) is 18.5. The predicted molar refractivity (Wildman–Crippen MR) is 113 cm³/mol. The zero-order valence-electron chi connectivity index (χ0n) is 17.7. The van der Waals surface area contributed by atoms with E-state index in [2.05, 4.69) is 10.1 Å². The van der Waals surface area contributed by atoms with E-state index in [1.54, 1.807) is 13.8 Å². The van der Waals surface area contributed by atoms with Crippen molar-refractivity contribution in [1.82, 2.24) is 14.8 Å². The van der Waals surface area contributed by atoms with E-state index < -0.39 is 45.6 Å². The third kappa shape index (κ3) is 5.71. The Labute approximate surface area is 191 Å². The molecular formula is C22H22F5N3O2S. The van der Waals surface area contributed by atoms with Gasteiger partial charge in [0.05, 0.1) is 18.2 Å². The molecule has 178 valence electrons. The van der Waals surface area contributed by atoms with Crippen molar-refractivity contribution in [1.29, 1.82) is 0 Å². The Balaban J connectivity index is 1.84. The molecule has 0 aliphatic carbocycles. The van der Waals surface area contributed by atoms with Crippen molar-refractivity contribution < 1.29 is 32.2 Å². The Morgan fingerprint density at radius 2 is 1.73 bits per heavy atom. The van der Waals surface area contributed by atoms with Gasteiger partial charge in [-0.3, -0.25) is 0 Å². The molecule has 2 N–H and O–H groups in total. The number of hydrogen-bond donors (Lipinski definition) is 2. The van der Waals surface area contributed by atoms with Gasteiger partial charge in [-0.05, 0) is 23.8 Å². The number of aliphatic hydroxyl groups excluding tert-OH is 1. The van der Waals surface area contributed by atoms with Crippen LogP contribution in [0.15, 0.2) is 55.1 Å². The molecule has 3 rings (SSSR count). The Kier molecular flexibility index (Phi) is 7.45. The minimum Gasteiger partial charge on any atom is -0.387 e. The van der Waals surface area contributed by atoms with Gasteiger partial charge in [-0.1, -0.05) is 32.0 Å². The number of halogens is 5. The fourth-order valence-corrected chi connectivity index (χ4v) is 4.86. The molecule has 0 spiro atoms. The number of nitrogens with zero attached hydrogens (tertiary/aromatic N) is 3. The minimum absolute atomic E-state index is 0.157. The molecule has 0 saturated heterocycles. The van der Waals surface area contributed by atoms with Crippen LogP contribution in [-0.2, 0) is 18.3 Å². The van der Waals surface area contributed by atoms with Crippen LogP contribution in [-0.4, -0.2) is 35.5 Å². The van der Waals surface area contributed by atoms with Crippen LogP contribution in [0.4, 0.5) is 22.0 Å². The molecule has 0 aliphatic rings. The first-order chi connectivity index (χ1) is 15.4. The molecule has 0 saturated carbocycles. The Hall–Kier alpha value is -2.50. The highest BCUT2D eigenvalue weighted by atomic mass is 32.2. The van der Waals surface area contributed by atoms with Crippen molar-refractivity contribution in [3.8, 4) is 0 Å². The molecule has 0 radical (unpaired) electrons. The second kappa shape index (κ2) is 9.78. The van der Waals surface area contributed by atoms with E-state index in [-0.39, 0.29) is 17.7 Å². The number of hydrogen-bond acceptors (Lipinski definition) is 5. The summed E-state index contributed by atoms with van der Waals surface area (Å²) in [5.41, 5.74) is -2.59. The van der Waals surface area contributed by atoms with Gasteiger partial charge < -0.3 is 10.2 Å². The van der Waals surface area contributed by atoms with E-state index in [9.17, 15) is 32.2 Å². The number of thioether (sulfide) groups is 1. The lowest BCUT2D eigenvalue weighted by Crippen LogP contribution is -2.42. The molecule has 0 amide bonds. The molecule has 1 aromatic heterocycles. The lowest BCUT2D eigenvalue weighted by molar-refractivity contribution is -0.137. The van der Waals surface area contributed by atoms with Gasteiger partial charge in [0, 0.05) is 22.1 Å². The SMILES string of the molecule is CC(S[C@H](C)[C@](O)(Cn1cncn1)c1ccc(F)cc1F)C(O)c1ccc(C(F)(F)F)cc1. The monoisotopic (exact) mass is 487 g/mol. The summed E-state index contributed by atoms with van der Waals surface area (Å²) in [4.78, 5) is 3.81. The highest BCUT2D eigenvalue weighted by Crippen LogP contribution is 2.40. The Morgan fingerprint density at radius 3 is 2.27 bits per heavy atom. The molecule has 0 bridgehead atoms. The maximum atomic E-state index is 14.6. The molecule has 2 aromatic carbocycles. The largest absolute Gasteiger partial charge is 0.416 e. The highest BCUT2D eigenvalue weighted by molar-refractivity contribution is 8.00. The van der Waals surface area contributed by atoms with E-state index in [4.69, 9.17) is 0 Å². The first-order valence-corrected chi connectivity index (χ1v) is 10.9. The van der Waals surface area contributed by atoms with Crippen molar-refractivity contribution in [2.24, 2.45) is 0 Å². The quantitative estimate of drug-likeness (QED) is 0.451. The fourth-order valence-electron chi connectivity index (χ4n) is 3.48. The van der Waals surface area contributed by atoms with E-state index >= 15 is 0 Å². The Morgan fingerprint density at radius 1 is 1.06 bits per heavy atom. The van der Waals surface area contributed by atoms with Crippen LogP contribution in [0.3, 0.4) is 0 Å². The number of aromatic nitrogens is 3. The summed E-state index contributed by atoms with van der Waals surface area (Å²) in [6.45, 7) is 3.05. The third-order valence-electron chi connectivity index (χ3n) is 5.38. The molecule has 0 aliphatic heterocycles. The summed E-state index contributed by atoms with van der Waals surface area (Å²) in [6.07, 6.45) is -3.07. The zero-order chi connectivity index (χ0) is 24.4. The number of rotatable bonds is 8. The van der Waals surface area contributed by atoms with Gasteiger partial charge in [-0.25, -0.2) is 18.4 Å². The van der Waals surface area contributed by atoms with Crippen LogP contribution in [0, 0.1) is 11.6 Å². The van der Waals surface area contributed by atoms with Crippen molar-refractivity contribution in [2.75, 3.05) is 0 Å². The summed E-state index contributed by atoms with van der Waals surface area (Å²) < 4.78 is 67.8. The van der Waals surface area contributed by atoms with Gasteiger partial charge in [-0.15, -0.1) is 11.8 Å². The first-order valence-electron chi connectivity index (χ1n) is 9.93. The second-order valence-corrected chi connectivity index (χ2v) is 9.41. The first kappa shape index (κ1) is 25.1. The van der Waals surface area contributed by atoms with Gasteiger partial charge in [0.1, 0.15) is 29.9 Å². The van der Waals surface area contributed by atoms with Crippen LogP contribution in [0.5, 0.6) is 0 Å². The van der Waals surface area contributed by atoms with Gasteiger partial charge in [0.15, 0.2) is 0 Å². The predicted octanol–water partition coefficient (Wildman–Crippen LogP) is 4.71. The summed E-state index contributed by atoms with van der Waals surface area (Å²) in [7, 11) is 0. The van der Waals surface area contributed by atoms with Crippen LogP contribution in [0.2, 0.25) is 0 Å². The normalized spacial score (nSPS) is 16.8. The van der Waals surface area contributed by atoms with Crippen molar-refractivity contribution in [3.05, 3.63) is 83.4 Å². The van der Waals surface area contributed by atoms with Gasteiger partial charge in [-0.2, -0.15) is 18.3 Å². The number of benzene rings is 2. The molecule has 3 aromatic rings. The van der Waals surface area contributed by atoms with Crippen LogP contribution >= 0.6 is 11.8 Å². The third-order valence-corrected chi connectivity index (χ3v) is 6.87. The van der Waals surface area contributed by atoms with E-state index in [1.165, 1.54) is 29.5 Å². The molecule has 1 heterocycles. The van der Waals surface area contributed by atoms with E-state index in [0.29, 0.717) is 6.07 Å². The van der Waals surface area contributed by atoms with Gasteiger partial charge >= 0.3 is 6.18 Å². The Bertz CT molecular complexity index is 1060. The van der Waals surface area contributed by atoms with Crippen molar-refractivity contribution in [2.45, 2.75) is 48.8 Å². The molecule has 33 heavy (non-hydrogen) atoms. The number of alkyl halides is 3. The summed E-state index contributed by atoms with van der Waals surface area (Å²) in [5, 5.41) is 24.8. The maximum Gasteiger partial charge on any atom is 0.416 e. The molecular weight excluding hydrogens is 465 g/mol. The van der Waals surface area contributed by atoms with Crippen LogP contribution < -0.4 is 0 Å². The standard InChI is InChI=1S/C22H22F5N3O2S/c1-13(20(31)15-3-5-16(6-4-15)22(25,26)27)33-14(2)21(32,10-30-12-28-11-29-30)18-8-7-17(23)9-19(18)24/h3-9,11-14,20,31-32H,10H2,1-2H3/t13?,14-,20?,21-/m1/s1. The topological polar surface area (TPSA) is 71.2 Å². The second-order valence-electron chi connectivity index (χ2n) is 7.69. The molecule has 4 atom stereocenters. The summed E-state index contributed by atoms with van der Waals surface area (Å²) >= 11 is 1.10. The minimum atomic E-state index is -4.49. The molecule has 5 nitrogen and oxygen atoms in total. The summed E-state index contributed by atoms with van der Waals surface area (Å²) in [6, 6.07) is 6.99. The number of aliphatic hydroxyl groups is 2. The average molecular weight is 487 g/mol. The maximum absolute atomic E-state index is 14.6. The van der Waals surface area contributed by atoms with Crippen LogP contribution in [0.25, 0.3) is 0 Å². The lowest BCUT2D eigenvalue weighted by Gasteiger charge is -2.36. The molecule has 11 heteroatoms. The van der Waals surface area contributed by atoms with Gasteiger partial charge in [0.2, 0.25) is 0 Å². The van der Waals surface area contributed by atoms with Gasteiger partial charge in [0.25, 0.3) is 0 Å². The highest BCUT2D eigenvalue weighted by Gasteiger charge is 2.41. The molecule has 0 fully saturated rings. The van der Waals surface area contributed by atoms with Crippen molar-refractivity contribution >= 4 is 11.8 Å². The van der Waals surface area contributed by atoms with E-state index in [1.807, 2.05) is 0 Å². The van der Waals surface area contributed by atoms with Crippen LogP contribution in [0.1, 0.15) is 36.6 Å². The van der Waals surface area contributed by atoms with E-state index in [0.717, 1.165) is 36.0 Å². The smallest absolute Gasteiger partial charge is 0.387 e. The lowest BCUT2D eigenvalue weighted by atomic mass is 9.90. The average Bonchev–Trinajstić information content (AvgIpc) is 3.25.